The molecule has 0 aromatic heterocycles. The summed E-state index contributed by atoms with van der Waals surface area (Å²) >= 11 is 0. The molecule has 1 aromatic carbocycles. The predicted octanol–water partition coefficient (Wildman–Crippen LogP) is 2.45. The Hall–Kier alpha value is -1.42. The van der Waals surface area contributed by atoms with Crippen molar-refractivity contribution >= 4 is 11.6 Å². The Morgan fingerprint density at radius 1 is 1.53 bits per heavy atom. The maximum Gasteiger partial charge on any atom is 0.224 e. The molecule has 0 fully saturated rings. The smallest absolute Gasteiger partial charge is 0.224 e. The molecule has 17 heavy (non-hydrogen) atoms. The summed E-state index contributed by atoms with van der Waals surface area (Å²) in [5.74, 6) is -0.281. The van der Waals surface area contributed by atoms with Gasteiger partial charge in [0, 0.05) is 12.1 Å². The van der Waals surface area contributed by atoms with Gasteiger partial charge in [-0.2, -0.15) is 0 Å². The standard InChI is InChI=1S/C13H19FN2O/c1-3-10(8-15)6-13(17)16-12-7-11(14)5-4-9(12)2/h4-5,7,10H,3,6,8,15H2,1-2H3,(H,16,17). The fraction of sp³-hybridized carbons (Fsp3) is 0.462. The highest BCUT2D eigenvalue weighted by atomic mass is 19.1. The summed E-state index contributed by atoms with van der Waals surface area (Å²) in [5, 5.41) is 2.72. The molecule has 4 heteroatoms. The Labute approximate surface area is 101 Å². The maximum absolute atomic E-state index is 13.0. The van der Waals surface area contributed by atoms with E-state index in [9.17, 15) is 9.18 Å². The number of carbonyl (C=O) groups excluding carboxylic acids is 1. The van der Waals surface area contributed by atoms with Crippen LogP contribution in [0.5, 0.6) is 0 Å². The molecule has 0 aliphatic rings. The fourth-order valence-electron chi connectivity index (χ4n) is 1.59. The number of anilines is 1. The molecular weight excluding hydrogens is 219 g/mol. The van der Waals surface area contributed by atoms with Gasteiger partial charge in [-0.3, -0.25) is 4.79 Å². The van der Waals surface area contributed by atoms with Gasteiger partial charge in [-0.25, -0.2) is 4.39 Å². The van der Waals surface area contributed by atoms with E-state index >= 15 is 0 Å². The molecule has 1 aromatic rings. The van der Waals surface area contributed by atoms with Crippen LogP contribution in [0.15, 0.2) is 18.2 Å². The van der Waals surface area contributed by atoms with Gasteiger partial charge in [0.1, 0.15) is 5.82 Å². The first-order valence-electron chi connectivity index (χ1n) is 5.82. The largest absolute Gasteiger partial charge is 0.330 e. The third-order valence-corrected chi connectivity index (χ3v) is 2.86. The van der Waals surface area contributed by atoms with Crippen LogP contribution in [0.25, 0.3) is 0 Å². The lowest BCUT2D eigenvalue weighted by molar-refractivity contribution is -0.117. The second kappa shape index (κ2) is 6.35. The molecule has 94 valence electrons. The number of rotatable bonds is 5. The summed E-state index contributed by atoms with van der Waals surface area (Å²) in [4.78, 5) is 11.7. The number of aryl methyl sites for hydroxylation is 1. The van der Waals surface area contributed by atoms with Crippen LogP contribution in [0.3, 0.4) is 0 Å². The minimum Gasteiger partial charge on any atom is -0.330 e. The van der Waals surface area contributed by atoms with Crippen LogP contribution in [0.1, 0.15) is 25.3 Å². The van der Waals surface area contributed by atoms with Crippen molar-refractivity contribution in [3.8, 4) is 0 Å². The lowest BCUT2D eigenvalue weighted by Gasteiger charge is -2.13. The summed E-state index contributed by atoms with van der Waals surface area (Å²) < 4.78 is 13.0. The van der Waals surface area contributed by atoms with E-state index in [0.29, 0.717) is 18.7 Å². The number of amides is 1. The molecule has 0 saturated carbocycles. The first-order valence-corrected chi connectivity index (χ1v) is 5.82. The average molecular weight is 238 g/mol. The van der Waals surface area contributed by atoms with Gasteiger partial charge in [0.2, 0.25) is 5.91 Å². The van der Waals surface area contributed by atoms with Gasteiger partial charge in [-0.15, -0.1) is 0 Å². The Morgan fingerprint density at radius 3 is 2.82 bits per heavy atom. The van der Waals surface area contributed by atoms with Crippen molar-refractivity contribution in [1.29, 1.82) is 0 Å². The lowest BCUT2D eigenvalue weighted by Crippen LogP contribution is -2.22. The van der Waals surface area contributed by atoms with Crippen LogP contribution in [0.4, 0.5) is 10.1 Å². The van der Waals surface area contributed by atoms with E-state index in [2.05, 4.69) is 5.32 Å². The zero-order valence-electron chi connectivity index (χ0n) is 10.3. The molecule has 0 aliphatic heterocycles. The Kier molecular flexibility index (Phi) is 5.10. The predicted molar refractivity (Wildman–Crippen MR) is 67.2 cm³/mol. The van der Waals surface area contributed by atoms with Gasteiger partial charge in [-0.1, -0.05) is 19.4 Å². The van der Waals surface area contributed by atoms with Gasteiger partial charge in [-0.05, 0) is 37.1 Å². The van der Waals surface area contributed by atoms with Crippen LogP contribution >= 0.6 is 0 Å². The highest BCUT2D eigenvalue weighted by Gasteiger charge is 2.11. The number of halogens is 1. The summed E-state index contributed by atoms with van der Waals surface area (Å²) in [7, 11) is 0. The van der Waals surface area contributed by atoms with Gasteiger partial charge < -0.3 is 11.1 Å². The summed E-state index contributed by atoms with van der Waals surface area (Å²) in [6.45, 7) is 4.32. The van der Waals surface area contributed by atoms with Crippen molar-refractivity contribution in [3.63, 3.8) is 0 Å². The second-order valence-corrected chi connectivity index (χ2v) is 4.22. The normalized spacial score (nSPS) is 12.2. The number of hydrogen-bond acceptors (Lipinski definition) is 2. The Morgan fingerprint density at radius 2 is 2.24 bits per heavy atom. The monoisotopic (exact) mass is 238 g/mol. The molecule has 1 amide bonds. The van der Waals surface area contributed by atoms with E-state index in [4.69, 9.17) is 5.73 Å². The molecule has 0 aliphatic carbocycles. The molecule has 0 spiro atoms. The van der Waals surface area contributed by atoms with Gasteiger partial charge in [0.05, 0.1) is 0 Å². The van der Waals surface area contributed by atoms with Crippen molar-refractivity contribution in [1.82, 2.24) is 0 Å². The van der Waals surface area contributed by atoms with E-state index in [1.54, 1.807) is 6.07 Å². The molecule has 0 heterocycles. The third-order valence-electron chi connectivity index (χ3n) is 2.86. The van der Waals surface area contributed by atoms with E-state index in [0.717, 1.165) is 12.0 Å². The zero-order valence-corrected chi connectivity index (χ0v) is 10.3. The topological polar surface area (TPSA) is 55.1 Å². The number of benzene rings is 1. The highest BCUT2D eigenvalue weighted by molar-refractivity contribution is 5.91. The van der Waals surface area contributed by atoms with Crippen LogP contribution in [-0.4, -0.2) is 12.5 Å². The molecule has 0 saturated heterocycles. The van der Waals surface area contributed by atoms with Gasteiger partial charge >= 0.3 is 0 Å². The fourth-order valence-corrected chi connectivity index (χ4v) is 1.59. The minimum atomic E-state index is -0.350. The van der Waals surface area contributed by atoms with Crippen LogP contribution < -0.4 is 11.1 Å². The average Bonchev–Trinajstić information content (AvgIpc) is 2.31. The van der Waals surface area contributed by atoms with Crippen LogP contribution in [-0.2, 0) is 4.79 Å². The van der Waals surface area contributed by atoms with Crippen molar-refractivity contribution in [2.75, 3.05) is 11.9 Å². The molecule has 1 unspecified atom stereocenters. The number of nitrogens with two attached hydrogens (primary N) is 1. The van der Waals surface area contributed by atoms with Crippen LogP contribution in [0.2, 0.25) is 0 Å². The van der Waals surface area contributed by atoms with E-state index in [1.165, 1.54) is 12.1 Å². The van der Waals surface area contributed by atoms with Crippen molar-refractivity contribution < 1.29 is 9.18 Å². The molecule has 0 bridgehead atoms. The van der Waals surface area contributed by atoms with Crippen molar-refractivity contribution in [2.45, 2.75) is 26.7 Å². The Balaban J connectivity index is 2.64. The van der Waals surface area contributed by atoms with Crippen molar-refractivity contribution in [2.24, 2.45) is 11.7 Å². The molecule has 0 radical (unpaired) electrons. The maximum atomic E-state index is 13.0. The minimum absolute atomic E-state index is 0.115. The van der Waals surface area contributed by atoms with Crippen molar-refractivity contribution in [3.05, 3.63) is 29.6 Å². The van der Waals surface area contributed by atoms with Crippen LogP contribution in [0, 0.1) is 18.7 Å². The quantitative estimate of drug-likeness (QED) is 0.827. The summed E-state index contributed by atoms with van der Waals surface area (Å²) in [6.07, 6.45) is 1.25. The van der Waals surface area contributed by atoms with Gasteiger partial charge in [0.25, 0.3) is 0 Å². The first kappa shape index (κ1) is 13.6. The zero-order chi connectivity index (χ0) is 12.8. The SMILES string of the molecule is CCC(CN)CC(=O)Nc1cc(F)ccc1C. The highest BCUT2D eigenvalue weighted by Crippen LogP contribution is 2.17. The summed E-state index contributed by atoms with van der Waals surface area (Å²) in [5.41, 5.74) is 6.92. The molecule has 1 atom stereocenters. The molecule has 3 nitrogen and oxygen atoms in total. The number of nitrogens with one attached hydrogen (secondary N) is 1. The van der Waals surface area contributed by atoms with E-state index in [1.807, 2.05) is 13.8 Å². The number of hydrogen-bond donors (Lipinski definition) is 2. The third kappa shape index (κ3) is 4.15. The summed E-state index contributed by atoms with van der Waals surface area (Å²) in [6, 6.07) is 4.35. The van der Waals surface area contributed by atoms with E-state index in [-0.39, 0.29) is 17.6 Å². The molecule has 1 rings (SSSR count). The number of carbonyl (C=O) groups is 1. The second-order valence-electron chi connectivity index (χ2n) is 4.22. The Bertz CT molecular complexity index is 389. The lowest BCUT2D eigenvalue weighted by atomic mass is 10.0. The van der Waals surface area contributed by atoms with E-state index < -0.39 is 0 Å². The molecule has 3 N–H and O–H groups in total. The van der Waals surface area contributed by atoms with Gasteiger partial charge in [0.15, 0.2) is 0 Å². The molecular formula is C13H19FN2O. The first-order chi connectivity index (χ1) is 8.06.